The zero-order chi connectivity index (χ0) is 14.4. The molecule has 3 nitrogen and oxygen atoms in total. The van der Waals surface area contributed by atoms with Gasteiger partial charge in [0.2, 0.25) is 0 Å². The van der Waals surface area contributed by atoms with E-state index in [9.17, 15) is 0 Å². The molecule has 0 radical (unpaired) electrons. The normalized spacial score (nSPS) is 33.5. The molecule has 3 heteroatoms. The van der Waals surface area contributed by atoms with Crippen LogP contribution in [0, 0.1) is 0 Å². The Morgan fingerprint density at radius 2 is 1.95 bits per heavy atom. The molecule has 0 amide bonds. The Morgan fingerprint density at radius 1 is 1.20 bits per heavy atom. The van der Waals surface area contributed by atoms with Crippen molar-refractivity contribution in [3.05, 3.63) is 0 Å². The summed E-state index contributed by atoms with van der Waals surface area (Å²) < 4.78 is 6.12. The van der Waals surface area contributed by atoms with E-state index in [1.807, 2.05) is 0 Å². The lowest BCUT2D eigenvalue weighted by atomic mass is 9.93. The van der Waals surface area contributed by atoms with Crippen molar-refractivity contribution in [1.29, 1.82) is 0 Å². The minimum atomic E-state index is 0.288. The van der Waals surface area contributed by atoms with Crippen molar-refractivity contribution in [3.63, 3.8) is 0 Å². The van der Waals surface area contributed by atoms with Crippen molar-refractivity contribution >= 4 is 0 Å². The molecule has 0 aromatic rings. The smallest absolute Gasteiger partial charge is 0.0597 e. The molecule has 1 aliphatic heterocycles. The summed E-state index contributed by atoms with van der Waals surface area (Å²) in [7, 11) is 0. The van der Waals surface area contributed by atoms with Crippen molar-refractivity contribution in [3.8, 4) is 0 Å². The van der Waals surface area contributed by atoms with E-state index in [-0.39, 0.29) is 5.54 Å². The van der Waals surface area contributed by atoms with Crippen LogP contribution in [0.3, 0.4) is 0 Å². The molecule has 0 bridgehead atoms. The number of nitrogens with zero attached hydrogens (tertiary/aromatic N) is 1. The third kappa shape index (κ3) is 4.44. The van der Waals surface area contributed by atoms with Crippen LogP contribution >= 0.6 is 0 Å². The zero-order valence-corrected chi connectivity index (χ0v) is 13.8. The van der Waals surface area contributed by atoms with Crippen molar-refractivity contribution < 1.29 is 4.74 Å². The van der Waals surface area contributed by atoms with E-state index in [0.29, 0.717) is 12.1 Å². The Bertz CT molecular complexity index is 278. The second-order valence-electron chi connectivity index (χ2n) is 6.96. The highest BCUT2D eigenvalue weighted by molar-refractivity contribution is 4.93. The van der Waals surface area contributed by atoms with Gasteiger partial charge in [-0.15, -0.1) is 0 Å². The van der Waals surface area contributed by atoms with Gasteiger partial charge in [0.25, 0.3) is 0 Å². The van der Waals surface area contributed by atoms with Gasteiger partial charge in [-0.2, -0.15) is 0 Å². The summed E-state index contributed by atoms with van der Waals surface area (Å²) in [6.07, 6.45) is 9.68. The molecule has 1 heterocycles. The lowest BCUT2D eigenvalue weighted by Crippen LogP contribution is -2.62. The number of hydrogen-bond acceptors (Lipinski definition) is 3. The fraction of sp³-hybridized carbons (Fsp3) is 1.00. The molecule has 2 fully saturated rings. The Kier molecular flexibility index (Phi) is 6.31. The van der Waals surface area contributed by atoms with Gasteiger partial charge in [0.05, 0.1) is 12.7 Å². The first kappa shape index (κ1) is 16.3. The van der Waals surface area contributed by atoms with E-state index in [1.54, 1.807) is 0 Å². The van der Waals surface area contributed by atoms with Gasteiger partial charge in [-0.1, -0.05) is 33.1 Å². The molecular formula is C17H34N2O. The second-order valence-corrected chi connectivity index (χ2v) is 6.96. The molecule has 1 aliphatic carbocycles. The summed E-state index contributed by atoms with van der Waals surface area (Å²) in [5, 5.41) is 3.73. The number of hydrogen-bond donors (Lipinski definition) is 1. The van der Waals surface area contributed by atoms with E-state index in [1.165, 1.54) is 44.9 Å². The van der Waals surface area contributed by atoms with Gasteiger partial charge in [0.15, 0.2) is 0 Å². The Balaban J connectivity index is 1.75. The molecule has 2 atom stereocenters. The van der Waals surface area contributed by atoms with Gasteiger partial charge in [-0.25, -0.2) is 0 Å². The van der Waals surface area contributed by atoms with Crippen LogP contribution in [-0.4, -0.2) is 48.8 Å². The van der Waals surface area contributed by atoms with Gasteiger partial charge in [0.1, 0.15) is 0 Å². The number of piperazine rings is 1. The third-order valence-electron chi connectivity index (χ3n) is 5.37. The second kappa shape index (κ2) is 7.77. The largest absolute Gasteiger partial charge is 0.377 e. The number of rotatable bonds is 6. The minimum Gasteiger partial charge on any atom is -0.377 e. The summed E-state index contributed by atoms with van der Waals surface area (Å²) in [6, 6.07) is 0.685. The summed E-state index contributed by atoms with van der Waals surface area (Å²) in [4.78, 5) is 2.66. The first-order valence-corrected chi connectivity index (χ1v) is 8.77. The fourth-order valence-corrected chi connectivity index (χ4v) is 3.60. The van der Waals surface area contributed by atoms with Gasteiger partial charge in [0, 0.05) is 31.2 Å². The highest BCUT2D eigenvalue weighted by Crippen LogP contribution is 2.22. The average molecular weight is 282 g/mol. The lowest BCUT2D eigenvalue weighted by molar-refractivity contribution is -0.00381. The third-order valence-corrected chi connectivity index (χ3v) is 5.37. The number of ether oxygens (including phenoxy) is 1. The molecule has 1 saturated heterocycles. The summed E-state index contributed by atoms with van der Waals surface area (Å²) in [6.45, 7) is 11.3. The molecule has 0 aromatic heterocycles. The molecule has 0 spiro atoms. The van der Waals surface area contributed by atoms with Crippen LogP contribution in [0.1, 0.15) is 65.7 Å². The van der Waals surface area contributed by atoms with E-state index in [2.05, 4.69) is 31.0 Å². The monoisotopic (exact) mass is 282 g/mol. The molecule has 2 rings (SSSR count). The molecule has 20 heavy (non-hydrogen) atoms. The number of nitrogens with one attached hydrogen (secondary N) is 1. The predicted octanol–water partition coefficient (Wildman–Crippen LogP) is 3.19. The lowest BCUT2D eigenvalue weighted by Gasteiger charge is -2.46. The maximum absolute atomic E-state index is 6.12. The average Bonchev–Trinajstić information content (AvgIpc) is 2.49. The SMILES string of the molecule is CCC1CNC(C)(CC)CN1CCOC1CCCCC1. The van der Waals surface area contributed by atoms with Crippen LogP contribution in [0.15, 0.2) is 0 Å². The minimum absolute atomic E-state index is 0.288. The van der Waals surface area contributed by atoms with E-state index in [4.69, 9.17) is 4.74 Å². The summed E-state index contributed by atoms with van der Waals surface area (Å²) in [5.41, 5.74) is 0.288. The molecule has 1 N–H and O–H groups in total. The van der Waals surface area contributed by atoms with Crippen LogP contribution < -0.4 is 5.32 Å². The first-order chi connectivity index (χ1) is 9.67. The van der Waals surface area contributed by atoms with Crippen LogP contribution in [-0.2, 0) is 4.74 Å². The van der Waals surface area contributed by atoms with Crippen molar-refractivity contribution in [2.45, 2.75) is 83.4 Å². The van der Waals surface area contributed by atoms with Gasteiger partial charge < -0.3 is 10.1 Å². The molecule has 2 unspecified atom stereocenters. The molecule has 118 valence electrons. The van der Waals surface area contributed by atoms with Crippen LogP contribution in [0.25, 0.3) is 0 Å². The highest BCUT2D eigenvalue weighted by atomic mass is 16.5. The van der Waals surface area contributed by atoms with Gasteiger partial charge in [-0.05, 0) is 32.6 Å². The molecule has 0 aromatic carbocycles. The van der Waals surface area contributed by atoms with Crippen molar-refractivity contribution in [2.75, 3.05) is 26.2 Å². The molecule has 1 saturated carbocycles. The van der Waals surface area contributed by atoms with Gasteiger partial charge >= 0.3 is 0 Å². The summed E-state index contributed by atoms with van der Waals surface area (Å²) in [5.74, 6) is 0. The first-order valence-electron chi connectivity index (χ1n) is 8.77. The Hall–Kier alpha value is -0.120. The Labute approximate surface area is 125 Å². The fourth-order valence-electron chi connectivity index (χ4n) is 3.60. The Morgan fingerprint density at radius 3 is 2.60 bits per heavy atom. The zero-order valence-electron chi connectivity index (χ0n) is 13.8. The van der Waals surface area contributed by atoms with Crippen molar-refractivity contribution in [2.24, 2.45) is 0 Å². The molecular weight excluding hydrogens is 248 g/mol. The quantitative estimate of drug-likeness (QED) is 0.810. The van der Waals surface area contributed by atoms with Gasteiger partial charge in [-0.3, -0.25) is 4.90 Å². The summed E-state index contributed by atoms with van der Waals surface area (Å²) >= 11 is 0. The maximum Gasteiger partial charge on any atom is 0.0597 e. The van der Waals surface area contributed by atoms with E-state index >= 15 is 0 Å². The van der Waals surface area contributed by atoms with E-state index in [0.717, 1.165) is 26.2 Å². The van der Waals surface area contributed by atoms with Crippen LogP contribution in [0.4, 0.5) is 0 Å². The van der Waals surface area contributed by atoms with Crippen LogP contribution in [0.5, 0.6) is 0 Å². The molecule has 2 aliphatic rings. The van der Waals surface area contributed by atoms with E-state index < -0.39 is 0 Å². The predicted molar refractivity (Wildman–Crippen MR) is 85.2 cm³/mol. The van der Waals surface area contributed by atoms with Crippen molar-refractivity contribution in [1.82, 2.24) is 10.2 Å². The van der Waals surface area contributed by atoms with Crippen LogP contribution in [0.2, 0.25) is 0 Å². The standard InChI is InChI=1S/C17H34N2O/c1-4-15-13-18-17(3,5-2)14-19(15)11-12-20-16-9-7-6-8-10-16/h15-16,18H,4-14H2,1-3H3. The highest BCUT2D eigenvalue weighted by Gasteiger charge is 2.33. The topological polar surface area (TPSA) is 24.5 Å². The maximum atomic E-state index is 6.12.